The van der Waals surface area contributed by atoms with Gasteiger partial charge in [-0.15, -0.1) is 0 Å². The maximum Gasteiger partial charge on any atom is 0.281 e. The summed E-state index contributed by atoms with van der Waals surface area (Å²) in [6.45, 7) is 28.7. The molecule has 2 aliphatic rings. The Labute approximate surface area is 427 Å². The molecule has 0 saturated carbocycles. The van der Waals surface area contributed by atoms with Crippen LogP contribution in [0.1, 0.15) is 150 Å². The number of amides is 2. The Balaban J connectivity index is 1.77. The number of hydroxylamine groups is 2. The zero-order chi connectivity index (χ0) is 52.4. The van der Waals surface area contributed by atoms with Crippen LogP contribution in [0.5, 0.6) is 23.0 Å². The van der Waals surface area contributed by atoms with Gasteiger partial charge in [-0.1, -0.05) is 132 Å². The van der Waals surface area contributed by atoms with Crippen LogP contribution < -0.4 is 29.9 Å². The highest BCUT2D eigenvalue weighted by Gasteiger charge is 2.30. The minimum Gasteiger partial charge on any atom is -0.491 e. The van der Waals surface area contributed by atoms with Crippen LogP contribution >= 0.6 is 0 Å². The second kappa shape index (κ2) is 24.2. The number of carbonyl (C=O) groups excluding carboxylic acids is 2. The molecule has 394 valence electrons. The van der Waals surface area contributed by atoms with Crippen LogP contribution in [0, 0.1) is 0 Å². The molecule has 0 radical (unpaired) electrons. The molecule has 4 aromatic carbocycles. The van der Waals surface area contributed by atoms with Crippen LogP contribution in [-0.2, 0) is 75.9 Å². The molecule has 0 unspecified atom stereocenters. The van der Waals surface area contributed by atoms with E-state index in [0.29, 0.717) is 102 Å². The van der Waals surface area contributed by atoms with Crippen molar-refractivity contribution < 1.29 is 57.9 Å². The zero-order valence-electron chi connectivity index (χ0n) is 44.9. The summed E-state index contributed by atoms with van der Waals surface area (Å²) in [5.74, 6) is 1.00. The molecule has 0 fully saturated rings. The molecule has 1 aliphatic carbocycles. The van der Waals surface area contributed by atoms with Crippen molar-refractivity contribution in [2.75, 3.05) is 79.3 Å². The fourth-order valence-electron chi connectivity index (χ4n) is 8.87. The zero-order valence-corrected chi connectivity index (χ0v) is 44.9. The molecule has 0 aromatic heterocycles. The van der Waals surface area contributed by atoms with Crippen molar-refractivity contribution in [3.05, 3.63) is 115 Å². The first-order valence-corrected chi connectivity index (χ1v) is 25.3. The van der Waals surface area contributed by atoms with Gasteiger partial charge in [-0.05, 0) is 88.4 Å². The Bertz CT molecular complexity index is 2240. The van der Waals surface area contributed by atoms with Crippen LogP contribution in [-0.4, -0.2) is 102 Å². The van der Waals surface area contributed by atoms with Gasteiger partial charge in [-0.2, -0.15) is 0 Å². The first kappa shape index (κ1) is 56.1. The van der Waals surface area contributed by atoms with E-state index >= 15 is 0 Å². The van der Waals surface area contributed by atoms with E-state index in [1.165, 1.54) is 0 Å². The molecule has 14 heteroatoms. The normalized spacial score (nSPS) is 15.9. The first-order valence-electron chi connectivity index (χ1n) is 25.3. The third-order valence-corrected chi connectivity index (χ3v) is 13.0. The third-order valence-electron chi connectivity index (χ3n) is 13.0. The van der Waals surface area contributed by atoms with Crippen LogP contribution in [0.2, 0.25) is 0 Å². The van der Waals surface area contributed by atoms with Gasteiger partial charge in [0.05, 0.1) is 52.9 Å². The van der Waals surface area contributed by atoms with E-state index in [-0.39, 0.29) is 34.9 Å². The Hall–Kier alpha value is -5.22. The first-order chi connectivity index (χ1) is 34.0. The maximum atomic E-state index is 12.9. The summed E-state index contributed by atoms with van der Waals surface area (Å²) < 4.78 is 50.8. The minimum absolute atomic E-state index is 0.228. The van der Waals surface area contributed by atoms with Crippen LogP contribution in [0.4, 0.5) is 0 Å². The van der Waals surface area contributed by atoms with E-state index in [1.807, 2.05) is 0 Å². The molecule has 4 N–H and O–H groups in total. The summed E-state index contributed by atoms with van der Waals surface area (Å²) in [5.41, 5.74) is 13.5. The van der Waals surface area contributed by atoms with Gasteiger partial charge < -0.3 is 37.9 Å². The number of ether oxygens (including phenoxy) is 8. The molecule has 6 rings (SSSR count). The van der Waals surface area contributed by atoms with E-state index < -0.39 is 25.0 Å². The SMILES string of the molecule is CC(C)(C)c1cc2c3c(c1)Cc1cc(C(C)(C)C)cc(c1OCC(=O)NO)Cc1cc(C(C)(C)C)cc(c1OCCOCCOCCOCCOCCO3)Cc1cc(C(C)(C)C)cc(c1OCC(=O)NO)C2. The topological polar surface area (TPSA) is 173 Å². The van der Waals surface area contributed by atoms with Gasteiger partial charge in [0.15, 0.2) is 13.2 Å². The quantitative estimate of drug-likeness (QED) is 0.0941. The molecule has 4 aromatic rings. The second-order valence-electron chi connectivity index (χ2n) is 23.0. The molecule has 14 nitrogen and oxygen atoms in total. The average molecular weight is 997 g/mol. The summed E-state index contributed by atoms with van der Waals surface area (Å²) in [5, 5.41) is 19.5. The molecule has 10 bridgehead atoms. The molecule has 2 amide bonds. The lowest BCUT2D eigenvalue weighted by Crippen LogP contribution is -2.26. The second-order valence-corrected chi connectivity index (χ2v) is 23.0. The molecular formula is C58H80N2O12. The number of rotatable bonds is 6. The van der Waals surface area contributed by atoms with E-state index in [9.17, 15) is 20.0 Å². The van der Waals surface area contributed by atoms with Gasteiger partial charge in [0.1, 0.15) is 36.2 Å². The molecular weight excluding hydrogens is 917 g/mol. The Morgan fingerprint density at radius 1 is 0.403 bits per heavy atom. The van der Waals surface area contributed by atoms with E-state index in [1.54, 1.807) is 11.0 Å². The van der Waals surface area contributed by atoms with Crippen LogP contribution in [0.3, 0.4) is 0 Å². The summed E-state index contributed by atoms with van der Waals surface area (Å²) in [6.07, 6.45) is 1.38. The highest BCUT2D eigenvalue weighted by Crippen LogP contribution is 2.44. The number of benzene rings is 4. The summed E-state index contributed by atoms with van der Waals surface area (Å²) in [4.78, 5) is 25.8. The molecule has 72 heavy (non-hydrogen) atoms. The largest absolute Gasteiger partial charge is 0.491 e. The van der Waals surface area contributed by atoms with E-state index in [4.69, 9.17) is 37.9 Å². The standard InChI is InChI=1S/C58H80N2O12/c1-55(2,3)45-27-37-23-41-31-47(57(7,8)9)33-43(53(41)71-35-49(61)59-63)25-39-29-46(56(4,5)6)30-40-26-44-34-48(58(10,11)12)32-42(54(44)72-36-50(62)60-64)24-38(28-45)51(37)69-21-19-67-17-15-65-13-14-66-16-18-68-20-22-70-52(39)40/h27-34,63-64H,13-26,35-36H2,1-12H3,(H,59,61)(H,60,62). The summed E-state index contributed by atoms with van der Waals surface area (Å²) >= 11 is 0. The number of hydrogen-bond donors (Lipinski definition) is 4. The average Bonchev–Trinajstić information content (AvgIpc) is 3.29. The van der Waals surface area contributed by atoms with Gasteiger partial charge in [-0.3, -0.25) is 20.0 Å². The van der Waals surface area contributed by atoms with Crippen molar-refractivity contribution >= 4 is 11.8 Å². The van der Waals surface area contributed by atoms with Gasteiger partial charge in [0, 0.05) is 25.7 Å². The van der Waals surface area contributed by atoms with Crippen molar-refractivity contribution in [2.45, 2.75) is 130 Å². The van der Waals surface area contributed by atoms with Gasteiger partial charge in [0.2, 0.25) is 0 Å². The molecule has 0 saturated heterocycles. The van der Waals surface area contributed by atoms with E-state index in [2.05, 4.69) is 132 Å². The van der Waals surface area contributed by atoms with Gasteiger partial charge in [0.25, 0.3) is 11.8 Å². The van der Waals surface area contributed by atoms with Gasteiger partial charge in [-0.25, -0.2) is 11.0 Å². The minimum atomic E-state index is -0.688. The fraction of sp³-hybridized carbons (Fsp3) is 0.552. The Morgan fingerprint density at radius 2 is 0.625 bits per heavy atom. The number of fused-ring (bicyclic) bond motifs is 2. The number of carbonyl (C=O) groups is 2. The third kappa shape index (κ3) is 15.2. The highest BCUT2D eigenvalue weighted by molar-refractivity contribution is 5.77. The van der Waals surface area contributed by atoms with Crippen molar-refractivity contribution in [3.8, 4) is 23.0 Å². The van der Waals surface area contributed by atoms with E-state index in [0.717, 1.165) is 66.8 Å². The lowest BCUT2D eigenvalue weighted by molar-refractivity contribution is -0.131. The molecule has 0 spiro atoms. The Morgan fingerprint density at radius 3 is 0.847 bits per heavy atom. The van der Waals surface area contributed by atoms with Crippen molar-refractivity contribution in [1.29, 1.82) is 0 Å². The van der Waals surface area contributed by atoms with Gasteiger partial charge >= 0.3 is 0 Å². The summed E-state index contributed by atoms with van der Waals surface area (Å²) in [7, 11) is 0. The summed E-state index contributed by atoms with van der Waals surface area (Å²) in [6, 6.07) is 17.4. The van der Waals surface area contributed by atoms with Crippen molar-refractivity contribution in [1.82, 2.24) is 11.0 Å². The highest BCUT2D eigenvalue weighted by atomic mass is 16.6. The number of hydrogen-bond acceptors (Lipinski definition) is 12. The lowest BCUT2D eigenvalue weighted by Gasteiger charge is -2.29. The van der Waals surface area contributed by atoms with Crippen molar-refractivity contribution in [3.63, 3.8) is 0 Å². The molecule has 1 aliphatic heterocycles. The Kier molecular flexibility index (Phi) is 18.9. The monoisotopic (exact) mass is 997 g/mol. The number of nitrogens with one attached hydrogen (secondary N) is 2. The molecule has 0 atom stereocenters. The van der Waals surface area contributed by atoms with Crippen molar-refractivity contribution in [2.24, 2.45) is 0 Å². The molecule has 1 heterocycles. The van der Waals surface area contributed by atoms with Crippen LogP contribution in [0.25, 0.3) is 0 Å². The lowest BCUT2D eigenvalue weighted by atomic mass is 9.79. The fourth-order valence-corrected chi connectivity index (χ4v) is 8.87. The predicted molar refractivity (Wildman–Crippen MR) is 277 cm³/mol. The smallest absolute Gasteiger partial charge is 0.281 e. The van der Waals surface area contributed by atoms with Crippen LogP contribution in [0.15, 0.2) is 48.5 Å². The predicted octanol–water partition coefficient (Wildman–Crippen LogP) is 9.16. The maximum absolute atomic E-state index is 12.9.